The third-order valence-corrected chi connectivity index (χ3v) is 2.28. The Balaban J connectivity index is 4.13. The van der Waals surface area contributed by atoms with Gasteiger partial charge in [-0.2, -0.15) is 13.2 Å². The summed E-state index contributed by atoms with van der Waals surface area (Å²) in [7, 11) is 0. The fourth-order valence-electron chi connectivity index (χ4n) is 1.23. The normalized spacial score (nSPS) is 18.3. The van der Waals surface area contributed by atoms with Crippen molar-refractivity contribution in [2.24, 2.45) is 5.92 Å². The number of hydrogen-bond donors (Lipinski definition) is 2. The van der Waals surface area contributed by atoms with E-state index in [0.29, 0.717) is 0 Å². The van der Waals surface area contributed by atoms with Crippen LogP contribution in [0, 0.1) is 5.92 Å². The molecule has 2 N–H and O–H groups in total. The number of alkyl halides is 3. The van der Waals surface area contributed by atoms with E-state index >= 15 is 0 Å². The van der Waals surface area contributed by atoms with Gasteiger partial charge < -0.3 is 10.2 Å². The molecule has 0 aromatic heterocycles. The monoisotopic (exact) mass is 226 g/mol. The van der Waals surface area contributed by atoms with Gasteiger partial charge in [-0.1, -0.05) is 6.08 Å². The number of halogens is 3. The van der Waals surface area contributed by atoms with E-state index in [9.17, 15) is 13.2 Å². The van der Waals surface area contributed by atoms with Crippen molar-refractivity contribution in [2.75, 3.05) is 0 Å². The summed E-state index contributed by atoms with van der Waals surface area (Å²) in [6.07, 6.45) is -5.56. The molecule has 2 nitrogen and oxygen atoms in total. The summed E-state index contributed by atoms with van der Waals surface area (Å²) < 4.78 is 37.1. The van der Waals surface area contributed by atoms with Crippen molar-refractivity contribution >= 4 is 0 Å². The maximum Gasteiger partial charge on any atom is 0.392 e. The number of aliphatic hydroxyl groups excluding tert-OH is 2. The van der Waals surface area contributed by atoms with Crippen LogP contribution in [0.2, 0.25) is 0 Å². The Morgan fingerprint density at radius 3 is 2.13 bits per heavy atom. The molecule has 0 fully saturated rings. The number of rotatable bonds is 6. The minimum Gasteiger partial charge on any atom is -0.391 e. The van der Waals surface area contributed by atoms with Gasteiger partial charge in [-0.25, -0.2) is 0 Å². The summed E-state index contributed by atoms with van der Waals surface area (Å²) in [6.45, 7) is 4.61. The van der Waals surface area contributed by atoms with Crippen molar-refractivity contribution in [1.29, 1.82) is 0 Å². The summed E-state index contributed by atoms with van der Waals surface area (Å²) in [5.41, 5.74) is 0. The Hall–Kier alpha value is -0.550. The average Bonchev–Trinajstić information content (AvgIpc) is 2.09. The molecule has 0 heterocycles. The molecule has 0 saturated carbocycles. The summed E-state index contributed by atoms with van der Waals surface area (Å²) >= 11 is 0. The van der Waals surface area contributed by atoms with E-state index in [2.05, 4.69) is 6.58 Å². The fourth-order valence-corrected chi connectivity index (χ4v) is 1.23. The molecule has 90 valence electrons. The summed E-state index contributed by atoms with van der Waals surface area (Å²) in [5, 5.41) is 18.1. The molecule has 0 amide bonds. The van der Waals surface area contributed by atoms with Gasteiger partial charge in [-0.15, -0.1) is 6.58 Å². The average molecular weight is 226 g/mol. The SMILES string of the molecule is C=CCC(CC[C@H](O)C(C)O)C(F)(F)F. The van der Waals surface area contributed by atoms with E-state index in [0.717, 1.165) is 0 Å². The number of allylic oxidation sites excluding steroid dienone is 1. The molecule has 0 aliphatic rings. The Labute approximate surface area is 87.4 Å². The van der Waals surface area contributed by atoms with E-state index in [1.54, 1.807) is 0 Å². The number of aliphatic hydroxyl groups is 2. The maximum absolute atomic E-state index is 12.4. The van der Waals surface area contributed by atoms with E-state index < -0.39 is 24.3 Å². The molecule has 0 radical (unpaired) electrons. The second-order valence-electron chi connectivity index (χ2n) is 3.65. The molecule has 0 aromatic carbocycles. The quantitative estimate of drug-likeness (QED) is 0.682. The Morgan fingerprint density at radius 1 is 1.27 bits per heavy atom. The molecule has 2 unspecified atom stereocenters. The van der Waals surface area contributed by atoms with Crippen molar-refractivity contribution in [3.63, 3.8) is 0 Å². The van der Waals surface area contributed by atoms with Crippen LogP contribution in [0.3, 0.4) is 0 Å². The molecule has 0 bridgehead atoms. The van der Waals surface area contributed by atoms with Gasteiger partial charge >= 0.3 is 6.18 Å². The predicted molar refractivity (Wildman–Crippen MR) is 51.3 cm³/mol. The minimum atomic E-state index is -4.27. The van der Waals surface area contributed by atoms with E-state index in [1.165, 1.54) is 13.0 Å². The first-order valence-electron chi connectivity index (χ1n) is 4.82. The number of hydrogen-bond acceptors (Lipinski definition) is 2. The van der Waals surface area contributed by atoms with Crippen molar-refractivity contribution in [3.8, 4) is 0 Å². The predicted octanol–water partition coefficient (Wildman–Crippen LogP) is 2.26. The van der Waals surface area contributed by atoms with Crippen molar-refractivity contribution < 1.29 is 23.4 Å². The van der Waals surface area contributed by atoms with Gasteiger partial charge in [0.15, 0.2) is 0 Å². The zero-order valence-corrected chi connectivity index (χ0v) is 8.67. The fraction of sp³-hybridized carbons (Fsp3) is 0.800. The smallest absolute Gasteiger partial charge is 0.391 e. The molecule has 0 aliphatic heterocycles. The Morgan fingerprint density at radius 2 is 1.80 bits per heavy atom. The van der Waals surface area contributed by atoms with Crippen LogP contribution in [-0.2, 0) is 0 Å². The highest BCUT2D eigenvalue weighted by molar-refractivity contribution is 4.79. The summed E-state index contributed by atoms with van der Waals surface area (Å²) in [6, 6.07) is 0. The minimum absolute atomic E-state index is 0.0598. The van der Waals surface area contributed by atoms with Gasteiger partial charge in [0.1, 0.15) is 0 Å². The largest absolute Gasteiger partial charge is 0.392 e. The first-order chi connectivity index (χ1) is 6.79. The lowest BCUT2D eigenvalue weighted by Gasteiger charge is -2.21. The van der Waals surface area contributed by atoms with Gasteiger partial charge in [0.2, 0.25) is 0 Å². The lowest BCUT2D eigenvalue weighted by Crippen LogP contribution is -2.27. The van der Waals surface area contributed by atoms with Crippen LogP contribution in [0.4, 0.5) is 13.2 Å². The maximum atomic E-state index is 12.4. The van der Waals surface area contributed by atoms with Gasteiger partial charge in [0, 0.05) is 0 Å². The van der Waals surface area contributed by atoms with E-state index in [4.69, 9.17) is 10.2 Å². The first-order valence-corrected chi connectivity index (χ1v) is 4.82. The van der Waals surface area contributed by atoms with Crippen LogP contribution in [-0.4, -0.2) is 28.6 Å². The third-order valence-electron chi connectivity index (χ3n) is 2.28. The third kappa shape index (κ3) is 5.79. The molecule has 0 saturated heterocycles. The second kappa shape index (κ2) is 6.12. The second-order valence-corrected chi connectivity index (χ2v) is 3.65. The van der Waals surface area contributed by atoms with Crippen LogP contribution in [0.15, 0.2) is 12.7 Å². The molecular formula is C10H17F3O2. The molecule has 0 rings (SSSR count). The molecule has 0 spiro atoms. The van der Waals surface area contributed by atoms with Crippen LogP contribution >= 0.6 is 0 Å². The van der Waals surface area contributed by atoms with Crippen LogP contribution in [0.1, 0.15) is 26.2 Å². The molecule has 0 aromatic rings. The zero-order valence-electron chi connectivity index (χ0n) is 8.67. The topological polar surface area (TPSA) is 40.5 Å². The molecular weight excluding hydrogens is 209 g/mol. The molecule has 5 heteroatoms. The van der Waals surface area contributed by atoms with E-state index in [-0.39, 0.29) is 19.3 Å². The van der Waals surface area contributed by atoms with Crippen molar-refractivity contribution in [2.45, 2.75) is 44.6 Å². The molecule has 15 heavy (non-hydrogen) atoms. The zero-order chi connectivity index (χ0) is 12.1. The lowest BCUT2D eigenvalue weighted by atomic mass is 9.96. The van der Waals surface area contributed by atoms with Crippen LogP contribution in [0.25, 0.3) is 0 Å². The van der Waals surface area contributed by atoms with E-state index in [1.807, 2.05) is 0 Å². The van der Waals surface area contributed by atoms with Crippen molar-refractivity contribution in [3.05, 3.63) is 12.7 Å². The van der Waals surface area contributed by atoms with Gasteiger partial charge in [0.25, 0.3) is 0 Å². The van der Waals surface area contributed by atoms with Gasteiger partial charge in [-0.3, -0.25) is 0 Å². The Kier molecular flexibility index (Phi) is 5.90. The Bertz CT molecular complexity index is 190. The summed E-state index contributed by atoms with van der Waals surface area (Å²) in [4.78, 5) is 0. The highest BCUT2D eigenvalue weighted by Crippen LogP contribution is 2.33. The standard InChI is InChI=1S/C10H17F3O2/c1-3-4-8(10(11,12)13)5-6-9(15)7(2)14/h3,7-9,14-15H,1,4-6H2,2H3/t7?,8?,9-/m0/s1. The molecule has 3 atom stereocenters. The highest BCUT2D eigenvalue weighted by Gasteiger charge is 2.38. The lowest BCUT2D eigenvalue weighted by molar-refractivity contribution is -0.177. The summed E-state index contributed by atoms with van der Waals surface area (Å²) in [5.74, 6) is -1.48. The van der Waals surface area contributed by atoms with Gasteiger partial charge in [-0.05, 0) is 26.2 Å². The van der Waals surface area contributed by atoms with Crippen LogP contribution in [0.5, 0.6) is 0 Å². The van der Waals surface area contributed by atoms with Crippen molar-refractivity contribution in [1.82, 2.24) is 0 Å². The first kappa shape index (κ1) is 14.5. The van der Waals surface area contributed by atoms with Crippen LogP contribution < -0.4 is 0 Å². The molecule has 0 aliphatic carbocycles. The van der Waals surface area contributed by atoms with Gasteiger partial charge in [0.05, 0.1) is 18.1 Å². The highest BCUT2D eigenvalue weighted by atomic mass is 19.4.